The summed E-state index contributed by atoms with van der Waals surface area (Å²) < 4.78 is 18.1. The molecule has 3 fully saturated rings. The summed E-state index contributed by atoms with van der Waals surface area (Å²) in [6.45, 7) is 17.8. The molecule has 4 heterocycles. The van der Waals surface area contributed by atoms with Gasteiger partial charge in [-0.25, -0.2) is 4.79 Å². The van der Waals surface area contributed by atoms with Gasteiger partial charge in [-0.2, -0.15) is 0 Å². The van der Waals surface area contributed by atoms with Crippen LogP contribution in [-0.4, -0.2) is 98.4 Å². The van der Waals surface area contributed by atoms with Gasteiger partial charge in [0.25, 0.3) is 0 Å². The number of esters is 2. The Morgan fingerprint density at radius 3 is 2.24 bits per heavy atom. The van der Waals surface area contributed by atoms with Crippen molar-refractivity contribution < 1.29 is 43.9 Å². The van der Waals surface area contributed by atoms with Crippen LogP contribution in [0.25, 0.3) is 0 Å². The SMILES string of the molecule is COc1c(C)c(OC(C)=O)c2c(c1O)C1N3[C@@H](C2SCC(NC(C)=O)C(=O)OC1(C)C)C1N(C)[C@H](C3(C)O)[C@@]2(C)c3cc(C)c(C)c(O)c3C12C. The highest BCUT2D eigenvalue weighted by atomic mass is 32.2. The van der Waals surface area contributed by atoms with Crippen LogP contribution in [0.15, 0.2) is 6.07 Å². The first-order valence-corrected chi connectivity index (χ1v) is 18.5. The van der Waals surface area contributed by atoms with Crippen LogP contribution in [0.1, 0.15) is 98.7 Å². The number of aromatic hydroxyl groups is 2. The summed E-state index contributed by atoms with van der Waals surface area (Å²) in [5, 5.41) is 39.6. The standard InChI is InChI=1S/C38H49N3O9S/c1-15-13-20-24(26(44)16(15)2)37(9)32-25-30-23-22(27(45)29(48-12)17(3)28(23)49-19(5)43)31(41(25)38(10,47)34(40(32)11)36(20,37)8)35(6,7)50-33(46)21(14-51-30)39-18(4)42/h13,21,25,30-32,34,44-45,47H,14H2,1-12H3,(H,39,42)/t21?,25-,30?,31?,32?,34-,36+,37?,38?/m0/s1. The number of carbonyl (C=O) groups is 3. The maximum atomic E-state index is 13.9. The van der Waals surface area contributed by atoms with E-state index in [1.165, 1.54) is 32.7 Å². The number of methoxy groups -OCH3 is 1. The van der Waals surface area contributed by atoms with Gasteiger partial charge in [0.2, 0.25) is 5.91 Å². The molecule has 9 atom stereocenters. The first kappa shape index (κ1) is 35.9. The molecule has 0 aromatic heterocycles. The van der Waals surface area contributed by atoms with Crippen LogP contribution in [0.2, 0.25) is 0 Å². The van der Waals surface area contributed by atoms with E-state index in [9.17, 15) is 29.7 Å². The summed E-state index contributed by atoms with van der Waals surface area (Å²) in [5.41, 5.74) is 0.448. The Morgan fingerprint density at radius 1 is 1.00 bits per heavy atom. The molecule has 0 spiro atoms. The summed E-state index contributed by atoms with van der Waals surface area (Å²) >= 11 is 1.37. The minimum absolute atomic E-state index is 0.0785. The fraction of sp³-hybridized carbons (Fsp3) is 0.605. The highest BCUT2D eigenvalue weighted by molar-refractivity contribution is 7.99. The topological polar surface area (TPSA) is 158 Å². The van der Waals surface area contributed by atoms with Gasteiger partial charge in [0, 0.05) is 64.8 Å². The normalized spacial score (nSPS) is 36.1. The molecule has 5 aliphatic rings. The van der Waals surface area contributed by atoms with Crippen LogP contribution in [0.3, 0.4) is 0 Å². The second kappa shape index (κ2) is 11.0. The van der Waals surface area contributed by atoms with Gasteiger partial charge in [-0.1, -0.05) is 19.9 Å². The molecule has 4 aliphatic heterocycles. The zero-order valence-electron chi connectivity index (χ0n) is 31.3. The lowest BCUT2D eigenvalue weighted by atomic mass is 9.44. The Bertz CT molecular complexity index is 1930. The monoisotopic (exact) mass is 723 g/mol. The van der Waals surface area contributed by atoms with Crippen LogP contribution in [0.4, 0.5) is 0 Å². The van der Waals surface area contributed by atoms with Crippen molar-refractivity contribution in [3.05, 3.63) is 45.0 Å². The van der Waals surface area contributed by atoms with Crippen molar-refractivity contribution in [2.75, 3.05) is 19.9 Å². The molecule has 0 saturated carbocycles. The number of nitrogens with zero attached hydrogens (tertiary/aromatic N) is 2. The summed E-state index contributed by atoms with van der Waals surface area (Å²) in [5.74, 6) is -1.16. The molecule has 6 unspecified atom stereocenters. The van der Waals surface area contributed by atoms with Crippen LogP contribution >= 0.6 is 11.8 Å². The molecule has 2 aromatic carbocycles. The van der Waals surface area contributed by atoms with Crippen LogP contribution in [0.5, 0.6) is 23.0 Å². The molecule has 51 heavy (non-hydrogen) atoms. The second-order valence-corrected chi connectivity index (χ2v) is 17.4. The van der Waals surface area contributed by atoms with Crippen molar-refractivity contribution in [2.45, 2.75) is 127 Å². The molecule has 7 rings (SSSR count). The fourth-order valence-corrected chi connectivity index (χ4v) is 12.6. The number of carbonyl (C=O) groups excluding carboxylic acids is 3. The Balaban J connectivity index is 1.61. The zero-order chi connectivity index (χ0) is 37.7. The lowest BCUT2D eigenvalue weighted by molar-refractivity contribution is -0.247. The van der Waals surface area contributed by atoms with E-state index in [-0.39, 0.29) is 34.8 Å². The molecule has 3 saturated heterocycles. The van der Waals surface area contributed by atoms with Crippen LogP contribution < -0.4 is 14.8 Å². The van der Waals surface area contributed by atoms with E-state index in [0.717, 1.165) is 22.3 Å². The maximum Gasteiger partial charge on any atom is 0.330 e. The predicted octanol–water partition coefficient (Wildman–Crippen LogP) is 3.93. The third kappa shape index (κ3) is 4.23. The largest absolute Gasteiger partial charge is 0.507 e. The van der Waals surface area contributed by atoms with E-state index in [0.29, 0.717) is 16.7 Å². The van der Waals surface area contributed by atoms with Gasteiger partial charge in [-0.3, -0.25) is 19.4 Å². The molecule has 12 nitrogen and oxygen atoms in total. The van der Waals surface area contributed by atoms with E-state index >= 15 is 0 Å². The van der Waals surface area contributed by atoms with Gasteiger partial charge in [0.15, 0.2) is 11.5 Å². The number of phenolic OH excluding ortho intramolecular Hbond substituents is 2. The molecule has 2 aromatic rings. The first-order chi connectivity index (χ1) is 23.6. The van der Waals surface area contributed by atoms with Gasteiger partial charge in [0.05, 0.1) is 24.4 Å². The van der Waals surface area contributed by atoms with E-state index < -0.39 is 69.4 Å². The quantitative estimate of drug-likeness (QED) is 0.268. The molecule has 1 aliphatic carbocycles. The number of piperazine rings is 1. The lowest BCUT2D eigenvalue weighted by Gasteiger charge is -2.64. The number of phenols is 2. The molecule has 4 N–H and O–H groups in total. The van der Waals surface area contributed by atoms with Gasteiger partial charge in [-0.15, -0.1) is 11.8 Å². The van der Waals surface area contributed by atoms with Crippen molar-refractivity contribution in [2.24, 2.45) is 0 Å². The Hall–Kier alpha value is -3.52. The first-order valence-electron chi connectivity index (χ1n) is 17.4. The summed E-state index contributed by atoms with van der Waals surface area (Å²) in [4.78, 5) is 43.4. The number of hydrogen-bond acceptors (Lipinski definition) is 12. The van der Waals surface area contributed by atoms with E-state index in [1.54, 1.807) is 27.7 Å². The number of rotatable bonds is 3. The van der Waals surface area contributed by atoms with Crippen molar-refractivity contribution in [3.8, 4) is 23.0 Å². The van der Waals surface area contributed by atoms with Gasteiger partial charge in [-0.05, 0) is 65.3 Å². The van der Waals surface area contributed by atoms with Crippen molar-refractivity contribution >= 4 is 29.6 Å². The number of fused-ring (bicyclic) bond motifs is 11. The second-order valence-electron chi connectivity index (χ2n) is 16.2. The minimum Gasteiger partial charge on any atom is -0.507 e. The number of ether oxygens (including phenoxy) is 3. The number of aryl methyl sites for hydroxylation is 1. The molecule has 276 valence electrons. The smallest absolute Gasteiger partial charge is 0.330 e. The van der Waals surface area contributed by atoms with E-state index in [2.05, 4.69) is 30.1 Å². The highest BCUT2D eigenvalue weighted by Crippen LogP contribution is 2.75. The number of thioether (sulfide) groups is 1. The zero-order valence-corrected chi connectivity index (χ0v) is 32.2. The van der Waals surface area contributed by atoms with Gasteiger partial charge < -0.3 is 34.8 Å². The molecular weight excluding hydrogens is 674 g/mol. The van der Waals surface area contributed by atoms with E-state index in [4.69, 9.17) is 14.2 Å². The summed E-state index contributed by atoms with van der Waals surface area (Å²) in [7, 11) is 3.44. The molecular formula is C38H49N3O9S. The molecule has 1 amide bonds. The predicted molar refractivity (Wildman–Crippen MR) is 190 cm³/mol. The number of aliphatic hydroxyl groups is 1. The number of benzene rings is 2. The van der Waals surface area contributed by atoms with Crippen molar-refractivity contribution in [1.82, 2.24) is 15.1 Å². The Kier molecular flexibility index (Phi) is 7.74. The number of nitrogens with one attached hydrogen (secondary N) is 1. The summed E-state index contributed by atoms with van der Waals surface area (Å²) in [6.07, 6.45) is 0. The average Bonchev–Trinajstić information content (AvgIpc) is 3.14. The lowest BCUT2D eigenvalue weighted by Crippen LogP contribution is -2.76. The van der Waals surface area contributed by atoms with Gasteiger partial charge >= 0.3 is 11.9 Å². The van der Waals surface area contributed by atoms with Gasteiger partial charge in [0.1, 0.15) is 28.9 Å². The third-order valence-corrected chi connectivity index (χ3v) is 14.4. The van der Waals surface area contributed by atoms with Crippen molar-refractivity contribution in [1.29, 1.82) is 0 Å². The number of cyclic esters (lactones) is 1. The number of amides is 1. The molecule has 13 heteroatoms. The minimum atomic E-state index is -1.62. The van der Waals surface area contributed by atoms with Crippen LogP contribution in [0, 0.1) is 20.8 Å². The fourth-order valence-electron chi connectivity index (χ4n) is 11.1. The van der Waals surface area contributed by atoms with Crippen molar-refractivity contribution in [3.63, 3.8) is 0 Å². The summed E-state index contributed by atoms with van der Waals surface area (Å²) in [6, 6.07) is -1.31. The average molecular weight is 724 g/mol. The molecule has 4 bridgehead atoms. The number of hydrogen-bond donors (Lipinski definition) is 4. The Morgan fingerprint density at radius 2 is 1.65 bits per heavy atom. The third-order valence-electron chi connectivity index (χ3n) is 13.1. The van der Waals surface area contributed by atoms with Crippen LogP contribution in [-0.2, 0) is 30.0 Å². The highest BCUT2D eigenvalue weighted by Gasteiger charge is 2.82. The number of likely N-dealkylation sites (N-methyl/N-ethyl adjacent to an activating group) is 1. The molecule has 0 radical (unpaired) electrons. The Labute approximate surface area is 302 Å². The van der Waals surface area contributed by atoms with E-state index in [1.807, 2.05) is 25.8 Å². The maximum absolute atomic E-state index is 13.9.